The van der Waals surface area contributed by atoms with Crippen LogP contribution in [-0.2, 0) is 9.59 Å². The van der Waals surface area contributed by atoms with Gasteiger partial charge in [-0.1, -0.05) is 0 Å². The first kappa shape index (κ1) is 8.20. The number of carboxylic acid groups (broad SMARTS) is 1. The van der Waals surface area contributed by atoms with Crippen LogP contribution in [0.15, 0.2) is 0 Å². The zero-order valence-electron chi connectivity index (χ0n) is 6.17. The normalized spacial score (nSPS) is 24.0. The average Bonchev–Trinajstić information content (AvgIpc) is 2.31. The summed E-state index contributed by atoms with van der Waals surface area (Å²) in [6, 6.07) is -0.203. The Kier molecular flexibility index (Phi) is 2.59. The fourth-order valence-electron chi connectivity index (χ4n) is 1.19. The van der Waals surface area contributed by atoms with Crippen LogP contribution in [0.3, 0.4) is 0 Å². The molecule has 2 N–H and O–H groups in total. The van der Waals surface area contributed by atoms with E-state index in [9.17, 15) is 9.59 Å². The van der Waals surface area contributed by atoms with E-state index in [0.717, 1.165) is 0 Å². The number of nitrogens with one attached hydrogen (secondary N) is 1. The van der Waals surface area contributed by atoms with Crippen molar-refractivity contribution in [2.45, 2.75) is 25.3 Å². The number of ketones is 1. The molecule has 0 radical (unpaired) electrons. The van der Waals surface area contributed by atoms with Crippen LogP contribution in [0.1, 0.15) is 19.3 Å². The standard InChI is InChI=1S/C7H11NO3/c9-6-3-4-8-5(6)1-2-7(10)11/h5,8H,1-4H2,(H,10,11). The van der Waals surface area contributed by atoms with E-state index < -0.39 is 5.97 Å². The Hall–Kier alpha value is -0.900. The fraction of sp³-hybridized carbons (Fsp3) is 0.714. The summed E-state index contributed by atoms with van der Waals surface area (Å²) in [6.45, 7) is 0.698. The highest BCUT2D eigenvalue weighted by atomic mass is 16.4. The smallest absolute Gasteiger partial charge is 0.303 e. The minimum atomic E-state index is -0.841. The number of carbonyl (C=O) groups is 2. The summed E-state index contributed by atoms with van der Waals surface area (Å²) in [4.78, 5) is 21.1. The lowest BCUT2D eigenvalue weighted by molar-refractivity contribution is -0.137. The number of rotatable bonds is 3. The first-order valence-corrected chi connectivity index (χ1v) is 3.68. The van der Waals surface area contributed by atoms with Crippen LogP contribution in [0.5, 0.6) is 0 Å². The molecule has 1 fully saturated rings. The van der Waals surface area contributed by atoms with Crippen LogP contribution in [0.25, 0.3) is 0 Å². The largest absolute Gasteiger partial charge is 0.481 e. The zero-order chi connectivity index (χ0) is 8.27. The lowest BCUT2D eigenvalue weighted by Crippen LogP contribution is -2.27. The molecule has 0 bridgehead atoms. The molecule has 1 rings (SSSR count). The lowest BCUT2D eigenvalue weighted by atomic mass is 10.1. The van der Waals surface area contributed by atoms with Crippen LogP contribution in [-0.4, -0.2) is 29.4 Å². The molecule has 0 spiro atoms. The van der Waals surface area contributed by atoms with Crippen molar-refractivity contribution in [3.8, 4) is 0 Å². The summed E-state index contributed by atoms with van der Waals surface area (Å²) in [5.74, 6) is -0.697. The third kappa shape index (κ3) is 2.31. The number of carboxylic acids is 1. The van der Waals surface area contributed by atoms with Crippen LogP contribution in [0.4, 0.5) is 0 Å². The number of hydrogen-bond donors (Lipinski definition) is 2. The minimum Gasteiger partial charge on any atom is -0.481 e. The van der Waals surface area contributed by atoms with Gasteiger partial charge >= 0.3 is 5.97 Å². The summed E-state index contributed by atoms with van der Waals surface area (Å²) in [6.07, 6.45) is 1.04. The van der Waals surface area contributed by atoms with Gasteiger partial charge in [0.2, 0.25) is 0 Å². The van der Waals surface area contributed by atoms with Crippen molar-refractivity contribution in [1.29, 1.82) is 0 Å². The van der Waals surface area contributed by atoms with Gasteiger partial charge in [0.05, 0.1) is 6.04 Å². The van der Waals surface area contributed by atoms with E-state index in [1.54, 1.807) is 0 Å². The molecule has 0 amide bonds. The predicted octanol–water partition coefficient (Wildman–Crippen LogP) is -0.218. The predicted molar refractivity (Wildman–Crippen MR) is 38.3 cm³/mol. The molecule has 62 valence electrons. The van der Waals surface area contributed by atoms with Crippen molar-refractivity contribution in [2.24, 2.45) is 0 Å². The molecular weight excluding hydrogens is 146 g/mol. The Labute approximate surface area is 64.6 Å². The molecule has 0 aromatic heterocycles. The SMILES string of the molecule is O=C(O)CCC1NCCC1=O. The van der Waals surface area contributed by atoms with E-state index in [1.807, 2.05) is 0 Å². The maximum Gasteiger partial charge on any atom is 0.303 e. The molecule has 0 aromatic carbocycles. The molecular formula is C7H11NO3. The van der Waals surface area contributed by atoms with Crippen molar-refractivity contribution >= 4 is 11.8 Å². The minimum absolute atomic E-state index is 0.0728. The molecule has 1 aliphatic rings. The Morgan fingerprint density at radius 2 is 2.45 bits per heavy atom. The second-order valence-electron chi connectivity index (χ2n) is 2.66. The van der Waals surface area contributed by atoms with Gasteiger partial charge in [0.1, 0.15) is 0 Å². The summed E-state index contributed by atoms with van der Waals surface area (Å²) in [5, 5.41) is 11.3. The van der Waals surface area contributed by atoms with Gasteiger partial charge in [-0.05, 0) is 6.42 Å². The topological polar surface area (TPSA) is 66.4 Å². The quantitative estimate of drug-likeness (QED) is 0.594. The van der Waals surface area contributed by atoms with Gasteiger partial charge in [-0.3, -0.25) is 9.59 Å². The monoisotopic (exact) mass is 157 g/mol. The maximum atomic E-state index is 10.9. The summed E-state index contributed by atoms with van der Waals surface area (Å²) in [5.41, 5.74) is 0. The summed E-state index contributed by atoms with van der Waals surface area (Å²) < 4.78 is 0. The average molecular weight is 157 g/mol. The molecule has 11 heavy (non-hydrogen) atoms. The molecule has 1 unspecified atom stereocenters. The first-order chi connectivity index (χ1) is 5.20. The highest BCUT2D eigenvalue weighted by Crippen LogP contribution is 2.06. The van der Waals surface area contributed by atoms with Crippen molar-refractivity contribution in [3.63, 3.8) is 0 Å². The second kappa shape index (κ2) is 3.48. The Bertz CT molecular complexity index is 179. The van der Waals surface area contributed by atoms with Gasteiger partial charge in [0.15, 0.2) is 5.78 Å². The Morgan fingerprint density at radius 1 is 1.73 bits per heavy atom. The number of carbonyl (C=O) groups excluding carboxylic acids is 1. The van der Waals surface area contributed by atoms with Gasteiger partial charge in [0.25, 0.3) is 0 Å². The molecule has 0 saturated carbocycles. The maximum absolute atomic E-state index is 10.9. The fourth-order valence-corrected chi connectivity index (χ4v) is 1.19. The van der Waals surface area contributed by atoms with E-state index in [-0.39, 0.29) is 18.2 Å². The van der Waals surface area contributed by atoms with E-state index in [4.69, 9.17) is 5.11 Å². The van der Waals surface area contributed by atoms with Crippen molar-refractivity contribution in [1.82, 2.24) is 5.32 Å². The van der Waals surface area contributed by atoms with Gasteiger partial charge in [-0.25, -0.2) is 0 Å². The first-order valence-electron chi connectivity index (χ1n) is 3.68. The number of Topliss-reactive ketones (excluding diaryl/α,β-unsaturated/α-hetero) is 1. The van der Waals surface area contributed by atoms with Gasteiger partial charge < -0.3 is 10.4 Å². The second-order valence-corrected chi connectivity index (χ2v) is 2.66. The van der Waals surface area contributed by atoms with Crippen molar-refractivity contribution in [3.05, 3.63) is 0 Å². The number of aliphatic carboxylic acids is 1. The van der Waals surface area contributed by atoms with Gasteiger partial charge in [-0.2, -0.15) is 0 Å². The van der Waals surface area contributed by atoms with Crippen molar-refractivity contribution < 1.29 is 14.7 Å². The highest BCUT2D eigenvalue weighted by molar-refractivity contribution is 5.86. The van der Waals surface area contributed by atoms with E-state index >= 15 is 0 Å². The molecule has 4 heteroatoms. The zero-order valence-corrected chi connectivity index (χ0v) is 6.17. The summed E-state index contributed by atoms with van der Waals surface area (Å²) in [7, 11) is 0. The summed E-state index contributed by atoms with van der Waals surface area (Å²) >= 11 is 0. The van der Waals surface area contributed by atoms with Crippen LogP contribution >= 0.6 is 0 Å². The third-order valence-corrected chi connectivity index (χ3v) is 1.80. The molecule has 1 saturated heterocycles. The lowest BCUT2D eigenvalue weighted by Gasteiger charge is -2.04. The van der Waals surface area contributed by atoms with Crippen LogP contribution < -0.4 is 5.32 Å². The molecule has 1 heterocycles. The third-order valence-electron chi connectivity index (χ3n) is 1.80. The molecule has 4 nitrogen and oxygen atoms in total. The molecule has 0 aliphatic carbocycles. The van der Waals surface area contributed by atoms with Gasteiger partial charge in [-0.15, -0.1) is 0 Å². The van der Waals surface area contributed by atoms with Crippen molar-refractivity contribution in [2.75, 3.05) is 6.54 Å². The number of hydrogen-bond acceptors (Lipinski definition) is 3. The van der Waals surface area contributed by atoms with E-state index in [0.29, 0.717) is 19.4 Å². The van der Waals surface area contributed by atoms with Crippen LogP contribution in [0.2, 0.25) is 0 Å². The molecule has 0 aromatic rings. The highest BCUT2D eigenvalue weighted by Gasteiger charge is 2.23. The van der Waals surface area contributed by atoms with Crippen LogP contribution in [0, 0.1) is 0 Å². The van der Waals surface area contributed by atoms with E-state index in [2.05, 4.69) is 5.32 Å². The van der Waals surface area contributed by atoms with E-state index in [1.165, 1.54) is 0 Å². The Balaban J connectivity index is 2.26. The molecule has 1 aliphatic heterocycles. The molecule has 1 atom stereocenters. The Morgan fingerprint density at radius 3 is 2.91 bits per heavy atom. The van der Waals surface area contributed by atoms with Gasteiger partial charge in [0, 0.05) is 19.4 Å².